The van der Waals surface area contributed by atoms with Gasteiger partial charge in [-0.25, -0.2) is 0 Å². The van der Waals surface area contributed by atoms with Crippen LogP contribution in [0.25, 0.3) is 0 Å². The van der Waals surface area contributed by atoms with Crippen LogP contribution in [0, 0.1) is 0 Å². The van der Waals surface area contributed by atoms with Gasteiger partial charge in [0.1, 0.15) is 0 Å². The molecule has 0 bridgehead atoms. The molecule has 2 heterocycles. The largest absolute Gasteiger partial charge is 0.356 e. The Balaban J connectivity index is 2.19. The topological polar surface area (TPSA) is 47.7 Å². The normalized spacial score (nSPS) is 22.8. The van der Waals surface area contributed by atoms with Crippen LogP contribution in [0.3, 0.4) is 0 Å². The summed E-state index contributed by atoms with van der Waals surface area (Å²) < 4.78 is 10.8. The van der Waals surface area contributed by atoms with Gasteiger partial charge in [-0.2, -0.15) is 0 Å². The van der Waals surface area contributed by atoms with E-state index >= 15 is 0 Å². The highest BCUT2D eigenvalue weighted by molar-refractivity contribution is 7.10. The van der Waals surface area contributed by atoms with Crippen molar-refractivity contribution in [1.29, 1.82) is 0 Å². The zero-order valence-electron chi connectivity index (χ0n) is 12.9. The first-order chi connectivity index (χ1) is 9.55. The van der Waals surface area contributed by atoms with Crippen LogP contribution in [0.15, 0.2) is 11.4 Å². The van der Waals surface area contributed by atoms with E-state index in [2.05, 4.69) is 30.2 Å². The van der Waals surface area contributed by atoms with Crippen molar-refractivity contribution in [2.24, 2.45) is 5.73 Å². The molecule has 1 aromatic rings. The quantitative estimate of drug-likeness (QED) is 0.819. The lowest BCUT2D eigenvalue weighted by Gasteiger charge is -2.47. The van der Waals surface area contributed by atoms with E-state index in [1.807, 2.05) is 11.3 Å². The summed E-state index contributed by atoms with van der Waals surface area (Å²) in [6.07, 6.45) is 1.68. The second-order valence-corrected chi connectivity index (χ2v) is 6.73. The number of fused-ring (bicyclic) bond motifs is 1. The van der Waals surface area contributed by atoms with Gasteiger partial charge in [-0.3, -0.25) is 4.90 Å². The van der Waals surface area contributed by atoms with Crippen molar-refractivity contribution in [3.05, 3.63) is 21.9 Å². The molecule has 20 heavy (non-hydrogen) atoms. The van der Waals surface area contributed by atoms with Crippen LogP contribution in [0.4, 0.5) is 0 Å². The molecule has 0 saturated carbocycles. The molecule has 4 nitrogen and oxygen atoms in total. The van der Waals surface area contributed by atoms with Crippen molar-refractivity contribution >= 4 is 11.3 Å². The van der Waals surface area contributed by atoms with Gasteiger partial charge in [-0.15, -0.1) is 11.3 Å². The maximum Gasteiger partial charge on any atom is 0.158 e. The Morgan fingerprint density at radius 1 is 1.50 bits per heavy atom. The summed E-state index contributed by atoms with van der Waals surface area (Å²) in [6, 6.07) is 2.64. The van der Waals surface area contributed by atoms with Crippen LogP contribution >= 0.6 is 11.3 Å². The monoisotopic (exact) mass is 298 g/mol. The molecule has 2 rings (SSSR count). The highest BCUT2D eigenvalue weighted by Gasteiger charge is 2.39. The molecule has 0 aliphatic carbocycles. The molecular weight excluding hydrogens is 272 g/mol. The number of hydrogen-bond donors (Lipinski definition) is 1. The average molecular weight is 298 g/mol. The Hall–Kier alpha value is -0.460. The van der Waals surface area contributed by atoms with Crippen LogP contribution in [0.1, 0.15) is 36.8 Å². The van der Waals surface area contributed by atoms with Crippen molar-refractivity contribution in [3.8, 4) is 0 Å². The number of thiophene rings is 1. The molecule has 2 N–H and O–H groups in total. The zero-order valence-corrected chi connectivity index (χ0v) is 13.7. The van der Waals surface area contributed by atoms with Crippen molar-refractivity contribution in [1.82, 2.24) is 4.90 Å². The van der Waals surface area contributed by atoms with Crippen LogP contribution in [0.2, 0.25) is 0 Å². The molecule has 2 atom stereocenters. The minimum absolute atomic E-state index is 0.115. The molecule has 0 spiro atoms. The van der Waals surface area contributed by atoms with Crippen molar-refractivity contribution in [3.63, 3.8) is 0 Å². The summed E-state index contributed by atoms with van der Waals surface area (Å²) in [5, 5.41) is 2.19. The number of hydrogen-bond acceptors (Lipinski definition) is 5. The molecule has 0 saturated heterocycles. The highest BCUT2D eigenvalue weighted by atomic mass is 32.1. The molecule has 1 aromatic heterocycles. The molecule has 2 unspecified atom stereocenters. The summed E-state index contributed by atoms with van der Waals surface area (Å²) in [5.41, 5.74) is 7.44. The summed E-state index contributed by atoms with van der Waals surface area (Å²) in [4.78, 5) is 4.02. The third kappa shape index (κ3) is 2.92. The maximum absolute atomic E-state index is 6.10. The second-order valence-electron chi connectivity index (χ2n) is 5.72. The Morgan fingerprint density at radius 3 is 2.80 bits per heavy atom. The number of rotatable bonds is 6. The number of ether oxygens (including phenoxy) is 2. The number of methoxy groups -OCH3 is 2. The van der Waals surface area contributed by atoms with Crippen molar-refractivity contribution in [2.45, 2.75) is 44.6 Å². The van der Waals surface area contributed by atoms with E-state index in [1.165, 1.54) is 10.4 Å². The first-order valence-electron chi connectivity index (χ1n) is 7.14. The van der Waals surface area contributed by atoms with Gasteiger partial charge in [0.25, 0.3) is 0 Å². The van der Waals surface area contributed by atoms with Crippen LogP contribution in [-0.4, -0.2) is 44.0 Å². The maximum atomic E-state index is 6.10. The van der Waals surface area contributed by atoms with E-state index in [0.717, 1.165) is 19.4 Å². The van der Waals surface area contributed by atoms with E-state index in [-0.39, 0.29) is 11.8 Å². The minimum atomic E-state index is -0.209. The van der Waals surface area contributed by atoms with E-state index < -0.39 is 0 Å². The Kier molecular flexibility index (Phi) is 5.20. The molecular formula is C15H26N2O2S. The first kappa shape index (κ1) is 15.9. The predicted molar refractivity (Wildman–Crippen MR) is 83.0 cm³/mol. The fraction of sp³-hybridized carbons (Fsp3) is 0.733. The van der Waals surface area contributed by atoms with Crippen LogP contribution in [0.5, 0.6) is 0 Å². The first-order valence-corrected chi connectivity index (χ1v) is 8.02. The SMILES string of the molecule is COC(CC(C)(CN)N1CCc2sccc2C1C)OC. The summed E-state index contributed by atoms with van der Waals surface area (Å²) in [6.45, 7) is 6.13. The smallest absolute Gasteiger partial charge is 0.158 e. The Labute approximate surface area is 125 Å². The van der Waals surface area contributed by atoms with Gasteiger partial charge in [0.15, 0.2) is 6.29 Å². The van der Waals surface area contributed by atoms with Crippen molar-refractivity contribution < 1.29 is 9.47 Å². The van der Waals surface area contributed by atoms with E-state index in [9.17, 15) is 0 Å². The molecule has 0 radical (unpaired) electrons. The van der Waals surface area contributed by atoms with Gasteiger partial charge in [0, 0.05) is 50.2 Å². The molecule has 1 aliphatic rings. The molecule has 0 aromatic carbocycles. The zero-order chi connectivity index (χ0) is 14.8. The Morgan fingerprint density at radius 2 is 2.20 bits per heavy atom. The van der Waals surface area contributed by atoms with Gasteiger partial charge >= 0.3 is 0 Å². The molecule has 0 fully saturated rings. The fourth-order valence-electron chi connectivity index (χ4n) is 3.19. The lowest BCUT2D eigenvalue weighted by Crippen LogP contribution is -2.56. The van der Waals surface area contributed by atoms with Gasteiger partial charge in [-0.05, 0) is 37.3 Å². The molecule has 5 heteroatoms. The van der Waals surface area contributed by atoms with Gasteiger partial charge in [0.2, 0.25) is 0 Å². The fourth-order valence-corrected chi connectivity index (χ4v) is 4.15. The van der Waals surface area contributed by atoms with E-state index in [1.54, 1.807) is 14.2 Å². The third-order valence-corrected chi connectivity index (χ3v) is 5.54. The number of nitrogens with zero attached hydrogens (tertiary/aromatic N) is 1. The molecule has 1 aliphatic heterocycles. The summed E-state index contributed by atoms with van der Waals surface area (Å²) >= 11 is 1.87. The standard InChI is InChI=1S/C15H26N2O2S/c1-11-12-6-8-20-13(12)5-7-17(11)15(2,10-16)9-14(18-3)19-4/h6,8,11,14H,5,7,9-10,16H2,1-4H3. The lowest BCUT2D eigenvalue weighted by atomic mass is 9.89. The van der Waals surface area contributed by atoms with E-state index in [0.29, 0.717) is 12.6 Å². The van der Waals surface area contributed by atoms with Gasteiger partial charge in [-0.1, -0.05) is 0 Å². The van der Waals surface area contributed by atoms with Gasteiger partial charge in [0.05, 0.1) is 0 Å². The van der Waals surface area contributed by atoms with Gasteiger partial charge < -0.3 is 15.2 Å². The Bertz CT molecular complexity index is 433. The second kappa shape index (κ2) is 6.54. The summed E-state index contributed by atoms with van der Waals surface area (Å²) in [7, 11) is 3.36. The average Bonchev–Trinajstić information content (AvgIpc) is 2.94. The predicted octanol–water partition coefficient (Wildman–Crippen LogP) is 2.39. The van der Waals surface area contributed by atoms with E-state index in [4.69, 9.17) is 15.2 Å². The number of nitrogens with two attached hydrogens (primary N) is 1. The highest BCUT2D eigenvalue weighted by Crippen LogP contribution is 2.38. The molecule has 114 valence electrons. The van der Waals surface area contributed by atoms with Crippen LogP contribution < -0.4 is 5.73 Å². The third-order valence-electron chi connectivity index (χ3n) is 4.54. The summed E-state index contributed by atoms with van der Waals surface area (Å²) in [5.74, 6) is 0. The lowest BCUT2D eigenvalue weighted by molar-refractivity contribution is -0.132. The van der Waals surface area contributed by atoms with Crippen LogP contribution in [-0.2, 0) is 15.9 Å². The molecule has 0 amide bonds. The minimum Gasteiger partial charge on any atom is -0.356 e. The van der Waals surface area contributed by atoms with Crippen molar-refractivity contribution in [2.75, 3.05) is 27.3 Å².